The lowest BCUT2D eigenvalue weighted by Crippen LogP contribution is -2.82. The maximum atomic E-state index is 15.6. The van der Waals surface area contributed by atoms with E-state index < -0.39 is 173 Å². The highest BCUT2D eigenvalue weighted by Gasteiger charge is 2.79. The van der Waals surface area contributed by atoms with Crippen molar-refractivity contribution in [3.8, 4) is 5.75 Å². The summed E-state index contributed by atoms with van der Waals surface area (Å²) in [6.07, 6.45) is 1.21. The molecule has 674 valence electrons. The Bertz CT molecular complexity index is 4330. The summed E-state index contributed by atoms with van der Waals surface area (Å²) in [4.78, 5) is 177. The largest absolute Gasteiger partial charge is 0.496 e. The Morgan fingerprint density at radius 2 is 1.39 bits per heavy atom. The van der Waals surface area contributed by atoms with E-state index in [0.717, 1.165) is 38.1 Å². The summed E-state index contributed by atoms with van der Waals surface area (Å²) >= 11 is 0. The van der Waals surface area contributed by atoms with Gasteiger partial charge in [-0.15, -0.1) is 0 Å². The van der Waals surface area contributed by atoms with Crippen LogP contribution in [0.2, 0.25) is 0 Å². The Balaban J connectivity index is 0.811. The number of nitrogens with zero attached hydrogens (tertiary/aromatic N) is 4. The Morgan fingerprint density at radius 1 is 0.730 bits per heavy atom. The van der Waals surface area contributed by atoms with Gasteiger partial charge in [-0.2, -0.15) is 0 Å². The van der Waals surface area contributed by atoms with Gasteiger partial charge in [0, 0.05) is 122 Å². The van der Waals surface area contributed by atoms with Crippen molar-refractivity contribution in [1.29, 1.82) is 0 Å². The van der Waals surface area contributed by atoms with E-state index in [0.29, 0.717) is 106 Å². The van der Waals surface area contributed by atoms with Crippen molar-refractivity contribution in [1.82, 2.24) is 57.5 Å². The summed E-state index contributed by atoms with van der Waals surface area (Å²) in [5.74, 6) is -13.2. The number of fused-ring (bicyclic) bond motifs is 6. The minimum atomic E-state index is -2.72. The van der Waals surface area contributed by atoms with Crippen molar-refractivity contribution in [3.05, 3.63) is 70.9 Å². The number of amides is 8. The van der Waals surface area contributed by atoms with Crippen LogP contribution in [0.1, 0.15) is 120 Å². The summed E-state index contributed by atoms with van der Waals surface area (Å²) in [6.45, 7) is 6.48. The summed E-state index contributed by atoms with van der Waals surface area (Å²) in [5, 5.41) is 83.6. The minimum Gasteiger partial charge on any atom is -0.496 e. The molecular weight excluding hydrogens is 1630 g/mol. The van der Waals surface area contributed by atoms with Gasteiger partial charge in [0.15, 0.2) is 11.6 Å². The predicted octanol–water partition coefficient (Wildman–Crippen LogP) is -3.15. The van der Waals surface area contributed by atoms with E-state index in [1.165, 1.54) is 14.2 Å². The van der Waals surface area contributed by atoms with Gasteiger partial charge in [0.2, 0.25) is 35.4 Å². The molecular formula is C79H118N18O23S2. The number of ether oxygens (including phenoxy) is 5. The number of carboxylic acids is 3. The topological polar surface area (TPSA) is 637 Å². The van der Waals surface area contributed by atoms with Crippen molar-refractivity contribution < 1.29 is 112 Å². The SMILES string of the molecule is CC[C@@]1(O)C[C@@H]2CN(CCc3c([nH]c4ccccc34)[C@](C(=O)OC)(c3cc4c(cc3OC)N(C)[C@@H]3[C@](O)(C(=O)NNC(=O)OCCSSC[C@H](NC(=O)[C@H](CC(=O)O)NC(=O)[C@@H](N)CNC(=O)C(CCCCN)NC(=O)[C@H](CC(=O)O)NC(=O)C(CCCN=C(N)N)NC(=O)CCOCCOCCN)C(=O)O)[C@@H](O)[C@@]5(CC)C=CCN6CC[C@@]43[C@H]65)C2)C1. The lowest BCUT2D eigenvalue weighted by Gasteiger charge is -2.63. The van der Waals surface area contributed by atoms with E-state index in [2.05, 4.69) is 62.5 Å². The zero-order valence-electron chi connectivity index (χ0n) is 69.2. The number of unbranched alkanes of at least 4 members (excludes halogenated alkanes) is 1. The highest BCUT2D eigenvalue weighted by Crippen LogP contribution is 2.68. The van der Waals surface area contributed by atoms with E-state index in [1.807, 2.05) is 62.4 Å². The van der Waals surface area contributed by atoms with E-state index in [-0.39, 0.29) is 108 Å². The third-order valence-electron chi connectivity index (χ3n) is 24.0. The van der Waals surface area contributed by atoms with Gasteiger partial charge >= 0.3 is 30.0 Å². The number of carboxylic acid groups (broad SMARTS) is 3. The van der Waals surface area contributed by atoms with Crippen LogP contribution in [0, 0.1) is 11.3 Å². The molecule has 25 N–H and O–H groups in total. The molecule has 1 aromatic heterocycles. The average molecular weight is 1750 g/mol. The maximum absolute atomic E-state index is 15.6. The van der Waals surface area contributed by atoms with Crippen molar-refractivity contribution in [3.63, 3.8) is 0 Å². The first-order valence-corrected chi connectivity index (χ1v) is 43.4. The highest BCUT2D eigenvalue weighted by atomic mass is 33.1. The zero-order valence-corrected chi connectivity index (χ0v) is 70.9. The number of esters is 1. The second-order valence-electron chi connectivity index (χ2n) is 31.7. The number of hydrazine groups is 1. The molecule has 5 aliphatic heterocycles. The second kappa shape index (κ2) is 43.1. The molecule has 0 radical (unpaired) electrons. The van der Waals surface area contributed by atoms with Crippen LogP contribution in [0.15, 0.2) is 53.5 Å². The van der Waals surface area contributed by atoms with Crippen LogP contribution in [-0.2, 0) is 88.9 Å². The quantitative estimate of drug-likeness (QED) is 0.00505. The number of carbonyl (C=O) groups excluding carboxylic acids is 9. The number of rotatable bonds is 45. The molecule has 16 atom stereocenters. The van der Waals surface area contributed by atoms with Gasteiger partial charge in [-0.05, 0) is 113 Å². The van der Waals surface area contributed by atoms with Crippen LogP contribution in [0.3, 0.4) is 0 Å². The molecule has 8 amide bonds. The molecule has 3 aromatic rings. The number of aromatic nitrogens is 1. The molecule has 1 aliphatic carbocycles. The summed E-state index contributed by atoms with van der Waals surface area (Å²) in [7, 11) is 6.46. The lowest BCUT2D eigenvalue weighted by atomic mass is 9.47. The second-order valence-corrected chi connectivity index (χ2v) is 34.3. The molecule has 2 bridgehead atoms. The monoisotopic (exact) mass is 1750 g/mol. The maximum Gasteiger partial charge on any atom is 0.426 e. The lowest BCUT2D eigenvalue weighted by molar-refractivity contribution is -0.204. The number of methoxy groups -OCH3 is 2. The molecule has 6 aliphatic rings. The number of piperidine rings is 1. The van der Waals surface area contributed by atoms with Crippen molar-refractivity contribution in [2.45, 2.75) is 180 Å². The first-order chi connectivity index (χ1) is 58.2. The minimum absolute atomic E-state index is 0.0223. The number of guanidine groups is 1. The van der Waals surface area contributed by atoms with Crippen molar-refractivity contribution in [2.24, 2.45) is 45.0 Å². The molecule has 1 spiro atoms. The van der Waals surface area contributed by atoms with Crippen LogP contribution < -0.4 is 81.1 Å². The van der Waals surface area contributed by atoms with Crippen LogP contribution in [0.25, 0.3) is 10.9 Å². The van der Waals surface area contributed by atoms with E-state index in [1.54, 1.807) is 11.9 Å². The molecule has 3 fully saturated rings. The number of likely N-dealkylation sites (N-methyl/N-ethyl adjacent to an activating group) is 1. The van der Waals surface area contributed by atoms with Crippen LogP contribution >= 0.6 is 21.6 Å². The van der Waals surface area contributed by atoms with Gasteiger partial charge in [-0.3, -0.25) is 68.2 Å². The van der Waals surface area contributed by atoms with Crippen molar-refractivity contribution in [2.75, 3.05) is 130 Å². The molecule has 6 heterocycles. The number of para-hydroxylation sites is 1. The molecule has 2 saturated heterocycles. The number of aliphatic imine (C=N–C) groups is 1. The number of aliphatic carboxylic acids is 3. The predicted molar refractivity (Wildman–Crippen MR) is 447 cm³/mol. The number of aliphatic hydroxyl groups is 3. The third-order valence-corrected chi connectivity index (χ3v) is 26.3. The summed E-state index contributed by atoms with van der Waals surface area (Å²) < 4.78 is 28.4. The van der Waals surface area contributed by atoms with Gasteiger partial charge < -0.3 is 125 Å². The van der Waals surface area contributed by atoms with Crippen LogP contribution in [-0.4, -0.2) is 313 Å². The van der Waals surface area contributed by atoms with Crippen LogP contribution in [0.5, 0.6) is 5.75 Å². The van der Waals surface area contributed by atoms with Gasteiger partial charge in [0.25, 0.3) is 5.91 Å². The number of nitrogens with two attached hydrogens (primary N) is 5. The van der Waals surface area contributed by atoms with Gasteiger partial charge in [-0.25, -0.2) is 15.0 Å². The zero-order chi connectivity index (χ0) is 89.0. The number of hydrogen-bond acceptors (Lipinski definition) is 29. The van der Waals surface area contributed by atoms with E-state index >= 15 is 9.59 Å². The number of benzene rings is 2. The van der Waals surface area contributed by atoms with E-state index in [9.17, 15) is 78.6 Å². The third kappa shape index (κ3) is 21.7. The normalized spacial score (nSPS) is 25.1. The first-order valence-electron chi connectivity index (χ1n) is 40.9. The molecule has 9 rings (SSSR count). The Morgan fingerprint density at radius 3 is 2.05 bits per heavy atom. The van der Waals surface area contributed by atoms with Gasteiger partial charge in [-0.1, -0.05) is 65.8 Å². The Kier molecular flexibility index (Phi) is 34.0. The fourth-order valence-corrected chi connectivity index (χ4v) is 20.4. The average Bonchev–Trinajstić information content (AvgIpc) is 1.46. The molecule has 43 heteroatoms. The summed E-state index contributed by atoms with van der Waals surface area (Å²) in [5.41, 5.74) is 28.9. The fraction of sp³-hybridized carbons (Fsp3) is 0.633. The number of hydrogen-bond donors (Lipinski definition) is 20. The molecule has 1 saturated carbocycles. The Labute approximate surface area is 713 Å². The first kappa shape index (κ1) is 96.2. The Hall–Kier alpha value is -9.67. The number of anilines is 1. The number of H-pyrrole nitrogens is 1. The fourth-order valence-electron chi connectivity index (χ4n) is 18.5. The summed E-state index contributed by atoms with van der Waals surface area (Å²) in [6, 6.07) is -0.168. The van der Waals surface area contributed by atoms with Crippen molar-refractivity contribution >= 4 is 115 Å². The standard InChI is InChI=1S/C79H118N18O23S2/c1-6-75(114)38-44-39-78(72(112)117-5,61-46(18-26-96(41-44)43-75)45-14-8-9-15-50(45)88-61)48-34-47-56(37-57(48)116-4)95(3)69-77(47)21-27-97-25-13-20-76(7-2,68(77)97)70(110)79(69,115)71(111)93-94-74(113)120-32-33-121-122-42-55(67(108)109)92-66(107)53(35-59(99)100)90-62(103)49(82)40-86-63(104)51(16-10-11-22-80)89-65(106)54(36-60(101)102)91-64(105)52(17-12-24-85-73(83)84)87-58(98)19-28-118-30-31-119-29-23-81/h8-9,13-15,20,34,37,44,49,51-55,68-70,88,110,114-115H,6-7,10-12,16-19,21-33,35-36,38-43,80-82H2,1-5H3,(H,86,104)(H,87,98)(H,89,106)(H,90,103)(H,91,105)(H,92,107)(H,93,111)(H,94,113)(H,99,100)(H,101,102)(H,108,109)(H4,83,84,85)/t44-,49-,51?,52?,53-,54-,55-,68+,69-,70-,75+,76-,77-,78+,79+/m0/s1. The molecule has 122 heavy (non-hydrogen) atoms. The smallest absolute Gasteiger partial charge is 0.426 e. The number of nitrogens with one attached hydrogen (secondary N) is 9. The molecule has 3 unspecified atom stereocenters. The number of aromatic amines is 1. The van der Waals surface area contributed by atoms with Gasteiger partial charge in [0.05, 0.1) is 65.1 Å². The molecule has 2 aromatic carbocycles. The van der Waals surface area contributed by atoms with E-state index in [4.69, 9.17) is 52.4 Å². The highest BCUT2D eigenvalue weighted by molar-refractivity contribution is 8.76. The molecule has 41 nitrogen and oxygen atoms in total. The number of carbonyl (C=O) groups is 12. The van der Waals surface area contributed by atoms with Crippen LogP contribution in [0.4, 0.5) is 10.5 Å². The van der Waals surface area contributed by atoms with Gasteiger partial charge in [0.1, 0.15) is 60.1 Å². The number of aliphatic hydroxyl groups excluding tert-OH is 1.